The highest BCUT2D eigenvalue weighted by molar-refractivity contribution is 7.15. The van der Waals surface area contributed by atoms with E-state index in [1.165, 1.54) is 16.9 Å². The first-order chi connectivity index (χ1) is 15.2. The number of hydrogen-bond donors (Lipinski definition) is 1. The summed E-state index contributed by atoms with van der Waals surface area (Å²) in [5.41, 5.74) is 2.59. The predicted molar refractivity (Wildman–Crippen MR) is 126 cm³/mol. The first-order valence-corrected chi connectivity index (χ1v) is 11.3. The fraction of sp³-hybridized carbons (Fsp3) is 0.333. The summed E-state index contributed by atoms with van der Waals surface area (Å²) < 4.78 is 5.18. The Bertz CT molecular complexity index is 1120. The molecule has 7 nitrogen and oxygen atoms in total. The lowest BCUT2D eigenvalue weighted by atomic mass is 9.87. The number of methoxy groups -OCH3 is 1. The number of carbonyl (C=O) groups is 2. The van der Waals surface area contributed by atoms with Crippen molar-refractivity contribution in [3.63, 3.8) is 0 Å². The number of hydrogen-bond acceptors (Lipinski definition) is 6. The Morgan fingerprint density at radius 2 is 1.78 bits per heavy atom. The second kappa shape index (κ2) is 8.70. The Hall–Kier alpha value is -3.26. The van der Waals surface area contributed by atoms with Gasteiger partial charge in [0.2, 0.25) is 11.0 Å². The van der Waals surface area contributed by atoms with Gasteiger partial charge in [-0.15, -0.1) is 10.2 Å². The van der Waals surface area contributed by atoms with Crippen molar-refractivity contribution in [2.24, 2.45) is 0 Å². The van der Waals surface area contributed by atoms with Crippen LogP contribution < -0.4 is 15.0 Å². The van der Waals surface area contributed by atoms with E-state index in [-0.39, 0.29) is 23.1 Å². The molecule has 0 unspecified atom stereocenters. The molecular formula is C24H26N4O3S. The molecule has 8 heteroatoms. The molecule has 0 aliphatic carbocycles. The van der Waals surface area contributed by atoms with Crippen LogP contribution in [0.5, 0.6) is 5.75 Å². The first kappa shape index (κ1) is 22.0. The van der Waals surface area contributed by atoms with Gasteiger partial charge >= 0.3 is 0 Å². The van der Waals surface area contributed by atoms with E-state index in [4.69, 9.17) is 4.74 Å². The molecule has 0 spiro atoms. The molecule has 0 bridgehead atoms. The third-order valence-corrected chi connectivity index (χ3v) is 6.53. The van der Waals surface area contributed by atoms with Crippen molar-refractivity contribution < 1.29 is 14.3 Å². The molecule has 0 radical (unpaired) electrons. The highest BCUT2D eigenvalue weighted by atomic mass is 32.1. The summed E-state index contributed by atoms with van der Waals surface area (Å²) in [6, 6.07) is 15.0. The maximum atomic E-state index is 12.6. The molecule has 1 aliphatic rings. The van der Waals surface area contributed by atoms with Crippen LogP contribution in [0.4, 0.5) is 10.8 Å². The van der Waals surface area contributed by atoms with Crippen LogP contribution in [0.1, 0.15) is 54.0 Å². The fourth-order valence-electron chi connectivity index (χ4n) is 3.63. The van der Waals surface area contributed by atoms with Crippen LogP contribution in [0.15, 0.2) is 48.5 Å². The lowest BCUT2D eigenvalue weighted by molar-refractivity contribution is -0.117. The van der Waals surface area contributed by atoms with Crippen molar-refractivity contribution in [3.8, 4) is 5.75 Å². The number of nitrogens with zero attached hydrogens (tertiary/aromatic N) is 3. The van der Waals surface area contributed by atoms with Crippen molar-refractivity contribution in [1.82, 2.24) is 10.2 Å². The highest BCUT2D eigenvalue weighted by Crippen LogP contribution is 2.35. The summed E-state index contributed by atoms with van der Waals surface area (Å²) in [5, 5.41) is 12.3. The number of aromatic nitrogens is 2. The van der Waals surface area contributed by atoms with Crippen LogP contribution in [0.3, 0.4) is 0 Å². The predicted octanol–water partition coefficient (Wildman–Crippen LogP) is 4.62. The molecule has 1 saturated heterocycles. The van der Waals surface area contributed by atoms with Crippen molar-refractivity contribution in [1.29, 1.82) is 0 Å². The Kier molecular flexibility index (Phi) is 5.97. The zero-order valence-corrected chi connectivity index (χ0v) is 19.4. The lowest BCUT2D eigenvalue weighted by Crippen LogP contribution is -2.24. The van der Waals surface area contributed by atoms with Crippen LogP contribution >= 0.6 is 11.3 Å². The van der Waals surface area contributed by atoms with E-state index in [1.54, 1.807) is 12.0 Å². The van der Waals surface area contributed by atoms with Crippen molar-refractivity contribution in [2.45, 2.75) is 38.5 Å². The monoisotopic (exact) mass is 450 g/mol. The van der Waals surface area contributed by atoms with Gasteiger partial charge < -0.3 is 9.64 Å². The molecule has 2 amide bonds. The average Bonchev–Trinajstić information content (AvgIpc) is 3.40. The van der Waals surface area contributed by atoms with Gasteiger partial charge in [-0.2, -0.15) is 0 Å². The van der Waals surface area contributed by atoms with Gasteiger partial charge in [-0.1, -0.05) is 44.2 Å². The van der Waals surface area contributed by atoms with E-state index >= 15 is 0 Å². The van der Waals surface area contributed by atoms with Gasteiger partial charge in [0.25, 0.3) is 5.91 Å². The minimum absolute atomic E-state index is 0.0293. The van der Waals surface area contributed by atoms with Gasteiger partial charge in [-0.25, -0.2) is 0 Å². The number of carbonyl (C=O) groups excluding carboxylic acids is 2. The Morgan fingerprint density at radius 3 is 2.41 bits per heavy atom. The van der Waals surface area contributed by atoms with Gasteiger partial charge in [0.15, 0.2) is 0 Å². The van der Waals surface area contributed by atoms with E-state index in [0.29, 0.717) is 23.7 Å². The van der Waals surface area contributed by atoms with Crippen LogP contribution in [0.25, 0.3) is 0 Å². The maximum absolute atomic E-state index is 12.6. The molecule has 1 aliphatic heterocycles. The smallest absolute Gasteiger partial charge is 0.257 e. The molecule has 2 aromatic carbocycles. The Balaban J connectivity index is 1.41. The van der Waals surface area contributed by atoms with E-state index in [0.717, 1.165) is 16.4 Å². The number of ether oxygens (including phenoxy) is 1. The van der Waals surface area contributed by atoms with E-state index in [1.807, 2.05) is 48.5 Å². The first-order valence-electron chi connectivity index (χ1n) is 10.4. The normalized spacial score (nSPS) is 16.3. The van der Waals surface area contributed by atoms with Crippen LogP contribution in [0, 0.1) is 0 Å². The zero-order valence-electron chi connectivity index (χ0n) is 18.6. The van der Waals surface area contributed by atoms with E-state index < -0.39 is 0 Å². The van der Waals surface area contributed by atoms with Crippen LogP contribution in [0.2, 0.25) is 0 Å². The van der Waals surface area contributed by atoms with Crippen molar-refractivity contribution >= 4 is 34.0 Å². The fourth-order valence-corrected chi connectivity index (χ4v) is 4.46. The summed E-state index contributed by atoms with van der Waals surface area (Å²) in [7, 11) is 1.61. The van der Waals surface area contributed by atoms with Crippen molar-refractivity contribution in [3.05, 3.63) is 64.7 Å². The second-order valence-corrected chi connectivity index (χ2v) is 9.84. The molecule has 0 saturated carbocycles. The van der Waals surface area contributed by atoms with Gasteiger partial charge in [0.1, 0.15) is 10.8 Å². The molecule has 1 N–H and O–H groups in total. The maximum Gasteiger partial charge on any atom is 0.257 e. The number of anilines is 2. The SMILES string of the molecule is COc1ccc(N2C[C@H](c3nnc(NC(=O)c4ccc(C(C)(C)C)cc4)s3)CC2=O)cc1. The molecule has 4 rings (SSSR count). The number of benzene rings is 2. The summed E-state index contributed by atoms with van der Waals surface area (Å²) in [6.45, 7) is 6.93. The summed E-state index contributed by atoms with van der Waals surface area (Å²) in [6.07, 6.45) is 0.364. The van der Waals surface area contributed by atoms with Gasteiger partial charge in [0, 0.05) is 30.1 Å². The zero-order chi connectivity index (χ0) is 22.9. The van der Waals surface area contributed by atoms with Crippen LogP contribution in [-0.4, -0.2) is 35.7 Å². The minimum atomic E-state index is -0.226. The number of nitrogens with one attached hydrogen (secondary N) is 1. The largest absolute Gasteiger partial charge is 0.497 e. The molecular weight excluding hydrogens is 424 g/mol. The lowest BCUT2D eigenvalue weighted by Gasteiger charge is -2.18. The highest BCUT2D eigenvalue weighted by Gasteiger charge is 2.34. The third kappa shape index (κ3) is 4.65. The molecule has 2 heterocycles. The summed E-state index contributed by atoms with van der Waals surface area (Å²) >= 11 is 1.31. The van der Waals surface area contributed by atoms with Gasteiger partial charge in [-0.05, 0) is 47.4 Å². The average molecular weight is 451 g/mol. The molecule has 1 aromatic heterocycles. The standard InChI is InChI=1S/C24H26N4O3S/c1-24(2,3)17-7-5-15(6-8-17)21(30)25-23-27-26-22(32-23)16-13-20(29)28(14-16)18-9-11-19(31-4)12-10-18/h5-12,16H,13-14H2,1-4H3,(H,25,27,30)/t16-/m1/s1. The molecule has 166 valence electrons. The number of amides is 2. The molecule has 1 fully saturated rings. The van der Waals surface area contributed by atoms with Gasteiger partial charge in [-0.3, -0.25) is 14.9 Å². The van der Waals surface area contributed by atoms with E-state index in [9.17, 15) is 9.59 Å². The molecule has 32 heavy (non-hydrogen) atoms. The van der Waals surface area contributed by atoms with E-state index in [2.05, 4.69) is 36.3 Å². The minimum Gasteiger partial charge on any atom is -0.497 e. The Labute approximate surface area is 191 Å². The quantitative estimate of drug-likeness (QED) is 0.613. The Morgan fingerprint density at radius 1 is 1.09 bits per heavy atom. The van der Waals surface area contributed by atoms with Gasteiger partial charge in [0.05, 0.1) is 7.11 Å². The van der Waals surface area contributed by atoms with Crippen molar-refractivity contribution in [2.75, 3.05) is 23.9 Å². The molecule has 3 aromatic rings. The number of rotatable bonds is 5. The third-order valence-electron chi connectivity index (χ3n) is 5.53. The second-order valence-electron chi connectivity index (χ2n) is 8.83. The summed E-state index contributed by atoms with van der Waals surface area (Å²) in [4.78, 5) is 26.9. The topological polar surface area (TPSA) is 84.4 Å². The summed E-state index contributed by atoms with van der Waals surface area (Å²) in [5.74, 6) is 0.503. The van der Waals surface area contributed by atoms with Crippen LogP contribution in [-0.2, 0) is 10.2 Å². The molecule has 1 atom stereocenters.